The lowest BCUT2D eigenvalue weighted by molar-refractivity contribution is -0.120. The highest BCUT2D eigenvalue weighted by atomic mass is 35.5. The van der Waals surface area contributed by atoms with Gasteiger partial charge in [0.1, 0.15) is 17.4 Å². The van der Waals surface area contributed by atoms with Gasteiger partial charge in [0.2, 0.25) is 0 Å². The number of nitriles is 1. The quantitative estimate of drug-likeness (QED) is 0.526. The summed E-state index contributed by atoms with van der Waals surface area (Å²) in [6.45, 7) is -0.387. The molecule has 0 fully saturated rings. The molecule has 0 unspecified atom stereocenters. The normalized spacial score (nSPS) is 10.7. The highest BCUT2D eigenvalue weighted by molar-refractivity contribution is 6.37. The van der Waals surface area contributed by atoms with Crippen LogP contribution in [0.2, 0.25) is 10.0 Å². The first kappa shape index (κ1) is 21.1. The Labute approximate surface area is 171 Å². The van der Waals surface area contributed by atoms with Crippen molar-refractivity contribution in [2.45, 2.75) is 0 Å². The van der Waals surface area contributed by atoms with Crippen LogP contribution in [0.1, 0.15) is 5.56 Å². The zero-order valence-corrected chi connectivity index (χ0v) is 16.2. The molecule has 0 aliphatic carbocycles. The minimum absolute atomic E-state index is 0.0838. The van der Waals surface area contributed by atoms with Crippen molar-refractivity contribution in [1.29, 1.82) is 5.26 Å². The van der Waals surface area contributed by atoms with E-state index < -0.39 is 11.8 Å². The van der Waals surface area contributed by atoms with E-state index in [1.165, 1.54) is 25.3 Å². The molecule has 28 heavy (non-hydrogen) atoms. The number of halogens is 2. The lowest BCUT2D eigenvalue weighted by Crippen LogP contribution is -2.20. The molecular formula is C19H15Cl2N3O4. The van der Waals surface area contributed by atoms with Gasteiger partial charge in [-0.15, -0.1) is 0 Å². The molecule has 0 aliphatic heterocycles. The predicted molar refractivity (Wildman–Crippen MR) is 106 cm³/mol. The van der Waals surface area contributed by atoms with Crippen molar-refractivity contribution in [2.24, 2.45) is 5.73 Å². The molecule has 0 atom stereocenters. The van der Waals surface area contributed by atoms with Crippen molar-refractivity contribution in [3.63, 3.8) is 0 Å². The molecule has 0 saturated carbocycles. The maximum atomic E-state index is 12.3. The molecule has 2 aromatic rings. The lowest BCUT2D eigenvalue weighted by Gasteiger charge is -2.10. The summed E-state index contributed by atoms with van der Waals surface area (Å²) >= 11 is 12.2. The number of nitrogens with two attached hydrogens (primary N) is 1. The van der Waals surface area contributed by atoms with Crippen LogP contribution in [0, 0.1) is 11.3 Å². The van der Waals surface area contributed by atoms with Crippen molar-refractivity contribution in [3.8, 4) is 17.6 Å². The maximum Gasteiger partial charge on any atom is 0.266 e. The number of benzene rings is 2. The molecule has 2 aromatic carbocycles. The summed E-state index contributed by atoms with van der Waals surface area (Å²) < 4.78 is 10.2. The summed E-state index contributed by atoms with van der Waals surface area (Å²) in [5, 5.41) is 12.1. The van der Waals surface area contributed by atoms with Crippen molar-refractivity contribution >= 4 is 46.8 Å². The molecule has 3 N–H and O–H groups in total. The zero-order chi connectivity index (χ0) is 20.7. The van der Waals surface area contributed by atoms with Gasteiger partial charge in [-0.2, -0.15) is 5.26 Å². The summed E-state index contributed by atoms with van der Waals surface area (Å²) in [4.78, 5) is 23.2. The molecule has 9 heteroatoms. The van der Waals surface area contributed by atoms with E-state index in [4.69, 9.17) is 38.4 Å². The molecule has 0 spiro atoms. The van der Waals surface area contributed by atoms with Gasteiger partial charge in [0.15, 0.2) is 12.4 Å². The zero-order valence-electron chi connectivity index (χ0n) is 14.7. The molecule has 2 rings (SSSR count). The van der Waals surface area contributed by atoms with E-state index in [0.717, 1.165) is 0 Å². The molecule has 144 valence electrons. The first-order chi connectivity index (χ1) is 13.3. The van der Waals surface area contributed by atoms with Gasteiger partial charge >= 0.3 is 0 Å². The van der Waals surface area contributed by atoms with E-state index in [2.05, 4.69) is 5.32 Å². The summed E-state index contributed by atoms with van der Waals surface area (Å²) in [6, 6.07) is 11.4. The first-order valence-electron chi connectivity index (χ1n) is 7.81. The number of amides is 2. The largest absolute Gasteiger partial charge is 0.497 e. The molecule has 2 amide bonds. The fourth-order valence-corrected chi connectivity index (χ4v) is 2.75. The fourth-order valence-electron chi connectivity index (χ4n) is 2.13. The van der Waals surface area contributed by atoms with Crippen LogP contribution >= 0.6 is 23.2 Å². The van der Waals surface area contributed by atoms with Crippen LogP contribution in [0.4, 0.5) is 5.69 Å². The van der Waals surface area contributed by atoms with Crippen molar-refractivity contribution in [3.05, 3.63) is 57.6 Å². The van der Waals surface area contributed by atoms with E-state index in [0.29, 0.717) is 17.0 Å². The molecular weight excluding hydrogens is 405 g/mol. The van der Waals surface area contributed by atoms with Gasteiger partial charge in [-0.1, -0.05) is 23.2 Å². The molecule has 0 aliphatic rings. The SMILES string of the molecule is COc1ccc(NC(=O)/C(C#N)=C/c2cc(Cl)c(OCC(N)=O)c(Cl)c2)cc1. The minimum atomic E-state index is -0.682. The van der Waals surface area contributed by atoms with Gasteiger partial charge in [0.25, 0.3) is 11.8 Å². The second-order valence-corrected chi connectivity index (χ2v) is 6.24. The third kappa shape index (κ3) is 5.64. The van der Waals surface area contributed by atoms with Gasteiger partial charge in [-0.05, 0) is 48.0 Å². The highest BCUT2D eigenvalue weighted by Gasteiger charge is 2.13. The number of hydrogen-bond donors (Lipinski definition) is 2. The molecule has 0 saturated heterocycles. The number of carbonyl (C=O) groups is 2. The molecule has 0 radical (unpaired) electrons. The summed E-state index contributed by atoms with van der Waals surface area (Å²) in [6.07, 6.45) is 1.33. The average Bonchev–Trinajstić information content (AvgIpc) is 2.65. The van der Waals surface area contributed by atoms with Crippen LogP contribution in [-0.4, -0.2) is 25.5 Å². The van der Waals surface area contributed by atoms with E-state index in [9.17, 15) is 14.9 Å². The Hall–Kier alpha value is -3.21. The van der Waals surface area contributed by atoms with Crippen molar-refractivity contribution in [2.75, 3.05) is 19.0 Å². The van der Waals surface area contributed by atoms with Gasteiger partial charge in [0.05, 0.1) is 17.2 Å². The number of carbonyl (C=O) groups excluding carboxylic acids is 2. The van der Waals surface area contributed by atoms with Crippen LogP contribution in [-0.2, 0) is 9.59 Å². The summed E-state index contributed by atoms with van der Waals surface area (Å²) in [7, 11) is 1.53. The third-order valence-corrected chi connectivity index (χ3v) is 3.96. The standard InChI is InChI=1S/C19H15Cl2N3O4/c1-27-14-4-2-13(3-5-14)24-19(26)12(9-22)6-11-7-15(20)18(16(21)8-11)28-10-17(23)25/h2-8H,10H2,1H3,(H2,23,25)(H,24,26)/b12-6+. The first-order valence-corrected chi connectivity index (χ1v) is 8.57. The number of nitrogens with zero attached hydrogens (tertiary/aromatic N) is 1. The summed E-state index contributed by atoms with van der Waals surface area (Å²) in [5.74, 6) is -0.565. The van der Waals surface area contributed by atoms with E-state index in [-0.39, 0.29) is 28.0 Å². The van der Waals surface area contributed by atoms with Gasteiger partial charge < -0.3 is 20.5 Å². The minimum Gasteiger partial charge on any atom is -0.497 e. The Balaban J connectivity index is 2.21. The smallest absolute Gasteiger partial charge is 0.266 e. The Morgan fingerprint density at radius 1 is 1.21 bits per heavy atom. The number of hydrogen-bond acceptors (Lipinski definition) is 5. The number of ether oxygens (including phenoxy) is 2. The van der Waals surface area contributed by atoms with E-state index >= 15 is 0 Å². The van der Waals surface area contributed by atoms with Crippen LogP contribution in [0.3, 0.4) is 0 Å². The second kappa shape index (κ2) is 9.65. The van der Waals surface area contributed by atoms with Crippen molar-refractivity contribution < 1.29 is 19.1 Å². The van der Waals surface area contributed by atoms with Gasteiger partial charge in [0, 0.05) is 5.69 Å². The Kier molecular flexibility index (Phi) is 7.27. The number of rotatable bonds is 7. The van der Waals surface area contributed by atoms with Gasteiger partial charge in [-0.25, -0.2) is 0 Å². The van der Waals surface area contributed by atoms with Crippen LogP contribution in [0.15, 0.2) is 42.0 Å². The third-order valence-electron chi connectivity index (χ3n) is 3.40. The van der Waals surface area contributed by atoms with Crippen LogP contribution in [0.5, 0.6) is 11.5 Å². The monoisotopic (exact) mass is 419 g/mol. The summed E-state index contributed by atoms with van der Waals surface area (Å²) in [5.41, 5.74) is 5.77. The van der Waals surface area contributed by atoms with Gasteiger partial charge in [-0.3, -0.25) is 9.59 Å². The van der Waals surface area contributed by atoms with Crippen LogP contribution < -0.4 is 20.5 Å². The molecule has 0 bridgehead atoms. The Bertz CT molecular complexity index is 943. The average molecular weight is 420 g/mol. The predicted octanol–water partition coefficient (Wildman–Crippen LogP) is 3.41. The van der Waals surface area contributed by atoms with E-state index in [1.807, 2.05) is 6.07 Å². The maximum absolute atomic E-state index is 12.3. The van der Waals surface area contributed by atoms with Crippen molar-refractivity contribution in [1.82, 2.24) is 0 Å². The van der Waals surface area contributed by atoms with Crippen LogP contribution in [0.25, 0.3) is 6.08 Å². The Morgan fingerprint density at radius 2 is 1.82 bits per heavy atom. The Morgan fingerprint density at radius 3 is 2.32 bits per heavy atom. The van der Waals surface area contributed by atoms with E-state index in [1.54, 1.807) is 24.3 Å². The lowest BCUT2D eigenvalue weighted by atomic mass is 10.1. The number of nitrogens with one attached hydrogen (secondary N) is 1. The molecule has 0 heterocycles. The molecule has 7 nitrogen and oxygen atoms in total. The molecule has 0 aromatic heterocycles. The number of primary amides is 1. The topological polar surface area (TPSA) is 114 Å². The number of methoxy groups -OCH3 is 1. The number of anilines is 1. The second-order valence-electron chi connectivity index (χ2n) is 5.42. The highest BCUT2D eigenvalue weighted by Crippen LogP contribution is 2.34. The fraction of sp³-hybridized carbons (Fsp3) is 0.105.